The minimum atomic E-state index is 0.579. The van der Waals surface area contributed by atoms with Gasteiger partial charge < -0.3 is 5.32 Å². The van der Waals surface area contributed by atoms with Crippen molar-refractivity contribution in [3.05, 3.63) is 24.3 Å². The summed E-state index contributed by atoms with van der Waals surface area (Å²) in [5.74, 6) is 1.32. The largest absolute Gasteiger partial charge is 0.313 e. The molecule has 1 N–H and O–H groups in total. The second-order valence-corrected chi connectivity index (χ2v) is 4.72. The maximum Gasteiger partial charge on any atom is 0.115 e. The molecule has 3 nitrogen and oxygen atoms in total. The predicted molar refractivity (Wildman–Crippen MR) is 60.6 cm³/mol. The van der Waals surface area contributed by atoms with Crippen molar-refractivity contribution >= 4 is 0 Å². The number of hydrogen-bond acceptors (Lipinski definition) is 3. The van der Waals surface area contributed by atoms with Crippen molar-refractivity contribution in [1.29, 1.82) is 0 Å². The summed E-state index contributed by atoms with van der Waals surface area (Å²) < 4.78 is 0. The highest BCUT2D eigenvalue weighted by Gasteiger charge is 2.29. The molecule has 0 amide bonds. The van der Waals surface area contributed by atoms with Gasteiger partial charge in [-0.3, -0.25) is 0 Å². The first-order valence-electron chi connectivity index (χ1n) is 5.76. The first-order chi connectivity index (χ1) is 7.27. The molecule has 0 aliphatic carbocycles. The summed E-state index contributed by atoms with van der Waals surface area (Å²) in [5.41, 5.74) is 1.20. The Bertz CT molecular complexity index is 297. The molecular weight excluding hydrogens is 186 g/mol. The van der Waals surface area contributed by atoms with Crippen LogP contribution in [0.25, 0.3) is 0 Å². The molecule has 0 aromatic carbocycles. The predicted octanol–water partition coefficient (Wildman–Crippen LogP) is 1.97. The van der Waals surface area contributed by atoms with Gasteiger partial charge in [-0.15, -0.1) is 0 Å². The number of nitrogens with one attached hydrogen (secondary N) is 1. The fourth-order valence-corrected chi connectivity index (χ4v) is 2.40. The zero-order valence-corrected chi connectivity index (χ0v) is 9.48. The van der Waals surface area contributed by atoms with E-state index in [9.17, 15) is 0 Å². The van der Waals surface area contributed by atoms with E-state index in [1.807, 2.05) is 12.3 Å². The van der Waals surface area contributed by atoms with Crippen LogP contribution in [0.3, 0.4) is 0 Å². The molecule has 2 atom stereocenters. The molecule has 3 heteroatoms. The summed E-state index contributed by atoms with van der Waals surface area (Å²) in [5, 5.41) is 3.58. The number of aromatic nitrogens is 2. The average Bonchev–Trinajstić information content (AvgIpc) is 2.66. The molecule has 1 saturated heterocycles. The second-order valence-electron chi connectivity index (χ2n) is 4.72. The first kappa shape index (κ1) is 10.6. The van der Waals surface area contributed by atoms with Crippen molar-refractivity contribution in [2.24, 2.45) is 5.92 Å². The Balaban J connectivity index is 2.08. The summed E-state index contributed by atoms with van der Waals surface area (Å²) in [4.78, 5) is 8.34. The molecule has 0 saturated carbocycles. The lowest BCUT2D eigenvalue weighted by Crippen LogP contribution is -2.27. The molecule has 0 spiro atoms. The lowest BCUT2D eigenvalue weighted by atomic mass is 9.90. The van der Waals surface area contributed by atoms with Gasteiger partial charge >= 0.3 is 0 Å². The Morgan fingerprint density at radius 1 is 1.53 bits per heavy atom. The van der Waals surface area contributed by atoms with Gasteiger partial charge in [0.05, 0.1) is 0 Å². The van der Waals surface area contributed by atoms with E-state index in [4.69, 9.17) is 0 Å². The summed E-state index contributed by atoms with van der Waals surface area (Å²) in [6.07, 6.45) is 5.93. The second kappa shape index (κ2) is 4.71. The SMILES string of the molecule is CC(C)CC1NCCC1c1ccncn1. The highest BCUT2D eigenvalue weighted by atomic mass is 15.0. The zero-order chi connectivity index (χ0) is 10.7. The summed E-state index contributed by atoms with van der Waals surface area (Å²) in [6, 6.07) is 2.64. The quantitative estimate of drug-likeness (QED) is 0.819. The highest BCUT2D eigenvalue weighted by molar-refractivity contribution is 5.11. The molecule has 1 aliphatic rings. The van der Waals surface area contributed by atoms with E-state index in [0.717, 1.165) is 12.5 Å². The third kappa shape index (κ3) is 2.53. The summed E-state index contributed by atoms with van der Waals surface area (Å²) in [7, 11) is 0. The van der Waals surface area contributed by atoms with Crippen LogP contribution in [0.4, 0.5) is 0 Å². The van der Waals surface area contributed by atoms with E-state index in [-0.39, 0.29) is 0 Å². The monoisotopic (exact) mass is 205 g/mol. The summed E-state index contributed by atoms with van der Waals surface area (Å²) in [6.45, 7) is 5.67. The molecule has 15 heavy (non-hydrogen) atoms. The maximum absolute atomic E-state index is 4.37. The Hall–Kier alpha value is -0.960. The van der Waals surface area contributed by atoms with Crippen molar-refractivity contribution in [2.75, 3.05) is 6.54 Å². The van der Waals surface area contributed by atoms with E-state index in [1.54, 1.807) is 6.33 Å². The molecule has 0 bridgehead atoms. The number of hydrogen-bond donors (Lipinski definition) is 1. The molecule has 82 valence electrons. The van der Waals surface area contributed by atoms with Crippen molar-refractivity contribution in [1.82, 2.24) is 15.3 Å². The van der Waals surface area contributed by atoms with E-state index in [2.05, 4.69) is 29.1 Å². The molecule has 2 unspecified atom stereocenters. The van der Waals surface area contributed by atoms with Crippen LogP contribution in [0.15, 0.2) is 18.6 Å². The van der Waals surface area contributed by atoms with Crippen molar-refractivity contribution in [3.63, 3.8) is 0 Å². The minimum Gasteiger partial charge on any atom is -0.313 e. The molecule has 1 aromatic heterocycles. The number of rotatable bonds is 3. The molecular formula is C12H19N3. The topological polar surface area (TPSA) is 37.8 Å². The van der Waals surface area contributed by atoms with Crippen LogP contribution in [0.2, 0.25) is 0 Å². The van der Waals surface area contributed by atoms with Gasteiger partial charge in [0.15, 0.2) is 0 Å². The third-order valence-corrected chi connectivity index (χ3v) is 3.06. The fraction of sp³-hybridized carbons (Fsp3) is 0.667. The molecule has 1 fully saturated rings. The highest BCUT2D eigenvalue weighted by Crippen LogP contribution is 2.29. The first-order valence-corrected chi connectivity index (χ1v) is 5.76. The molecule has 2 heterocycles. The van der Waals surface area contributed by atoms with Crippen LogP contribution in [0.1, 0.15) is 38.3 Å². The van der Waals surface area contributed by atoms with E-state index in [0.29, 0.717) is 12.0 Å². The molecule has 1 aromatic rings. The lowest BCUT2D eigenvalue weighted by molar-refractivity contribution is 0.429. The van der Waals surface area contributed by atoms with Gasteiger partial charge in [0, 0.05) is 23.9 Å². The molecule has 0 radical (unpaired) electrons. The standard InChI is InChI=1S/C12H19N3/c1-9(2)7-12-10(3-6-14-12)11-4-5-13-8-15-11/h4-5,8-10,12,14H,3,6-7H2,1-2H3. The number of nitrogens with zero attached hydrogens (tertiary/aromatic N) is 2. The maximum atomic E-state index is 4.37. The van der Waals surface area contributed by atoms with Crippen LogP contribution in [0, 0.1) is 5.92 Å². The van der Waals surface area contributed by atoms with E-state index in [1.165, 1.54) is 18.5 Å². The fourth-order valence-electron chi connectivity index (χ4n) is 2.40. The molecule has 1 aliphatic heterocycles. The van der Waals surface area contributed by atoms with E-state index >= 15 is 0 Å². The van der Waals surface area contributed by atoms with Crippen molar-refractivity contribution in [2.45, 2.75) is 38.6 Å². The average molecular weight is 205 g/mol. The summed E-state index contributed by atoms with van der Waals surface area (Å²) >= 11 is 0. The van der Waals surface area contributed by atoms with Gasteiger partial charge in [-0.05, 0) is 31.4 Å². The van der Waals surface area contributed by atoms with Gasteiger partial charge in [-0.1, -0.05) is 13.8 Å². The van der Waals surface area contributed by atoms with Gasteiger partial charge in [-0.2, -0.15) is 0 Å². The Kier molecular flexibility index (Phi) is 3.31. The zero-order valence-electron chi connectivity index (χ0n) is 9.48. The smallest absolute Gasteiger partial charge is 0.115 e. The van der Waals surface area contributed by atoms with Crippen molar-refractivity contribution < 1.29 is 0 Å². The van der Waals surface area contributed by atoms with Gasteiger partial charge in [-0.25, -0.2) is 9.97 Å². The van der Waals surface area contributed by atoms with Crippen LogP contribution >= 0.6 is 0 Å². The van der Waals surface area contributed by atoms with E-state index < -0.39 is 0 Å². The van der Waals surface area contributed by atoms with Gasteiger partial charge in [0.25, 0.3) is 0 Å². The normalized spacial score (nSPS) is 26.1. The van der Waals surface area contributed by atoms with Crippen LogP contribution < -0.4 is 5.32 Å². The van der Waals surface area contributed by atoms with Crippen LogP contribution in [0.5, 0.6) is 0 Å². The van der Waals surface area contributed by atoms with Crippen LogP contribution in [-0.2, 0) is 0 Å². The van der Waals surface area contributed by atoms with Gasteiger partial charge in [0.1, 0.15) is 6.33 Å². The van der Waals surface area contributed by atoms with Gasteiger partial charge in [0.2, 0.25) is 0 Å². The Labute approximate surface area is 91.3 Å². The Morgan fingerprint density at radius 2 is 2.40 bits per heavy atom. The molecule has 2 rings (SSSR count). The minimum absolute atomic E-state index is 0.579. The Morgan fingerprint density at radius 3 is 3.07 bits per heavy atom. The van der Waals surface area contributed by atoms with Crippen molar-refractivity contribution in [3.8, 4) is 0 Å². The van der Waals surface area contributed by atoms with Crippen LogP contribution in [-0.4, -0.2) is 22.6 Å². The lowest BCUT2D eigenvalue weighted by Gasteiger charge is -2.20. The third-order valence-electron chi connectivity index (χ3n) is 3.06.